The highest BCUT2D eigenvalue weighted by atomic mass is 32.1. The molecule has 2 aliphatic heterocycles. The van der Waals surface area contributed by atoms with Gasteiger partial charge in [-0.05, 0) is 56.5 Å². The van der Waals surface area contributed by atoms with E-state index in [0.29, 0.717) is 26.2 Å². The van der Waals surface area contributed by atoms with Crippen molar-refractivity contribution in [3.63, 3.8) is 0 Å². The number of hydrogen-bond donors (Lipinski definition) is 0. The zero-order valence-corrected chi connectivity index (χ0v) is 21.7. The number of fused-ring (bicyclic) bond motifs is 1. The van der Waals surface area contributed by atoms with Gasteiger partial charge in [-0.15, -0.1) is 0 Å². The molecule has 0 bridgehead atoms. The van der Waals surface area contributed by atoms with Gasteiger partial charge in [-0.25, -0.2) is 14.2 Å². The highest BCUT2D eigenvalue weighted by molar-refractivity contribution is 7.07. The third-order valence-electron chi connectivity index (χ3n) is 6.66. The molecule has 0 radical (unpaired) electrons. The molecule has 2 aromatic carbocycles. The van der Waals surface area contributed by atoms with E-state index in [0.717, 1.165) is 43.0 Å². The lowest BCUT2D eigenvalue weighted by molar-refractivity contribution is -0.384. The van der Waals surface area contributed by atoms with E-state index in [1.807, 2.05) is 0 Å². The predicted molar refractivity (Wildman–Crippen MR) is 141 cm³/mol. The van der Waals surface area contributed by atoms with E-state index >= 15 is 0 Å². The second-order valence-electron chi connectivity index (χ2n) is 9.05. The molecule has 2 aliphatic rings. The standard InChI is InChI=1S/C27H25FN4O5S/c1-3-37-26(34)23-16(2)29-27-31(24(23)17-6-8-19(28)9-7-17)25(33)22(38-27)15-18-14-20(32(35)36)10-11-21(18)30-12-4-5-13-30/h6-11,14-15,24H,3-5,12-13H2,1-2H3/b22-15+. The van der Waals surface area contributed by atoms with Crippen LogP contribution in [0.1, 0.15) is 43.9 Å². The fraction of sp³-hybridized carbons (Fsp3) is 0.296. The molecule has 1 aromatic heterocycles. The Hall–Kier alpha value is -4.12. The second-order valence-corrected chi connectivity index (χ2v) is 10.1. The molecule has 1 atom stereocenters. The minimum Gasteiger partial charge on any atom is -0.463 e. The molecule has 0 amide bonds. The third-order valence-corrected chi connectivity index (χ3v) is 7.64. The van der Waals surface area contributed by atoms with Gasteiger partial charge in [0.05, 0.1) is 33.4 Å². The lowest BCUT2D eigenvalue weighted by Crippen LogP contribution is -2.40. The maximum absolute atomic E-state index is 13.8. The van der Waals surface area contributed by atoms with Crippen LogP contribution in [-0.4, -0.2) is 35.2 Å². The molecule has 196 valence electrons. The maximum atomic E-state index is 13.8. The summed E-state index contributed by atoms with van der Waals surface area (Å²) in [7, 11) is 0. The fourth-order valence-electron chi connectivity index (χ4n) is 4.91. The number of nitrogens with zero attached hydrogens (tertiary/aromatic N) is 4. The highest BCUT2D eigenvalue weighted by Gasteiger charge is 2.33. The van der Waals surface area contributed by atoms with Crippen LogP contribution in [0.5, 0.6) is 0 Å². The number of esters is 1. The first-order chi connectivity index (χ1) is 18.3. The number of halogens is 1. The molecule has 0 saturated carbocycles. The normalized spacial score (nSPS) is 17.4. The van der Waals surface area contributed by atoms with Gasteiger partial charge in [0.1, 0.15) is 5.82 Å². The monoisotopic (exact) mass is 536 g/mol. The largest absolute Gasteiger partial charge is 0.463 e. The molecule has 0 N–H and O–H groups in total. The van der Waals surface area contributed by atoms with Gasteiger partial charge in [-0.3, -0.25) is 19.5 Å². The molecule has 1 saturated heterocycles. The van der Waals surface area contributed by atoms with E-state index in [1.54, 1.807) is 26.0 Å². The molecule has 1 fully saturated rings. The Morgan fingerprint density at radius 3 is 2.61 bits per heavy atom. The van der Waals surface area contributed by atoms with Crippen molar-refractivity contribution < 1.29 is 18.8 Å². The first-order valence-corrected chi connectivity index (χ1v) is 13.1. The number of thiazole rings is 1. The van der Waals surface area contributed by atoms with Gasteiger partial charge in [-0.2, -0.15) is 0 Å². The van der Waals surface area contributed by atoms with Crippen LogP contribution in [-0.2, 0) is 9.53 Å². The maximum Gasteiger partial charge on any atom is 0.338 e. The van der Waals surface area contributed by atoms with Crippen molar-refractivity contribution >= 4 is 34.8 Å². The third kappa shape index (κ3) is 4.65. The smallest absolute Gasteiger partial charge is 0.338 e. The summed E-state index contributed by atoms with van der Waals surface area (Å²) in [6, 6.07) is 9.40. The predicted octanol–water partition coefficient (Wildman–Crippen LogP) is 3.45. The number of allylic oxidation sites excluding steroid dienone is 1. The van der Waals surface area contributed by atoms with Crippen LogP contribution >= 0.6 is 11.3 Å². The van der Waals surface area contributed by atoms with Gasteiger partial charge in [0.15, 0.2) is 4.80 Å². The van der Waals surface area contributed by atoms with Crippen molar-refractivity contribution in [1.82, 2.24) is 4.57 Å². The second kappa shape index (κ2) is 10.3. The number of benzene rings is 2. The summed E-state index contributed by atoms with van der Waals surface area (Å²) in [5.74, 6) is -1.05. The topological polar surface area (TPSA) is 107 Å². The Bertz CT molecular complexity index is 1630. The number of nitro groups is 1. The Balaban J connectivity index is 1.72. The number of aromatic nitrogens is 1. The van der Waals surface area contributed by atoms with Gasteiger partial charge in [0.25, 0.3) is 11.2 Å². The van der Waals surface area contributed by atoms with Crippen molar-refractivity contribution in [3.8, 4) is 0 Å². The summed E-state index contributed by atoms with van der Waals surface area (Å²) in [5, 5.41) is 11.5. The summed E-state index contributed by atoms with van der Waals surface area (Å²) in [5.41, 5.74) is 2.03. The van der Waals surface area contributed by atoms with Gasteiger partial charge in [0.2, 0.25) is 0 Å². The highest BCUT2D eigenvalue weighted by Crippen LogP contribution is 2.31. The zero-order valence-electron chi connectivity index (χ0n) is 20.8. The number of carbonyl (C=O) groups is 1. The minimum atomic E-state index is -0.865. The molecule has 9 nitrogen and oxygen atoms in total. The van der Waals surface area contributed by atoms with Crippen molar-refractivity contribution in [3.05, 3.63) is 100 Å². The molecule has 0 spiro atoms. The first-order valence-electron chi connectivity index (χ1n) is 12.3. The molecule has 5 rings (SSSR count). The van der Waals surface area contributed by atoms with Crippen molar-refractivity contribution in [2.45, 2.75) is 32.7 Å². The summed E-state index contributed by atoms with van der Waals surface area (Å²) >= 11 is 1.13. The zero-order chi connectivity index (χ0) is 27.0. The number of rotatable bonds is 6. The summed E-state index contributed by atoms with van der Waals surface area (Å²) < 4.78 is 20.7. The quantitative estimate of drug-likeness (QED) is 0.271. The molecular formula is C27H25FN4O5S. The molecular weight excluding hydrogens is 511 g/mol. The SMILES string of the molecule is CCOC(=O)C1=C(C)N=c2s/c(=C/c3cc([N+](=O)[O-])ccc3N3CCCC3)c(=O)n2C1c1ccc(F)cc1. The average Bonchev–Trinajstić information content (AvgIpc) is 3.52. The van der Waals surface area contributed by atoms with Crippen LogP contribution in [0.4, 0.5) is 15.8 Å². The number of nitro benzene ring substituents is 1. The van der Waals surface area contributed by atoms with Crippen molar-refractivity contribution in [2.75, 3.05) is 24.6 Å². The van der Waals surface area contributed by atoms with Crippen LogP contribution in [0, 0.1) is 15.9 Å². The van der Waals surface area contributed by atoms with Crippen molar-refractivity contribution in [1.29, 1.82) is 0 Å². The van der Waals surface area contributed by atoms with E-state index in [9.17, 15) is 24.1 Å². The van der Waals surface area contributed by atoms with E-state index < -0.39 is 28.3 Å². The van der Waals surface area contributed by atoms with Crippen LogP contribution in [0.3, 0.4) is 0 Å². The van der Waals surface area contributed by atoms with Gasteiger partial charge in [-0.1, -0.05) is 23.5 Å². The van der Waals surface area contributed by atoms with E-state index in [2.05, 4.69) is 9.89 Å². The fourth-order valence-corrected chi connectivity index (χ4v) is 5.95. The number of non-ortho nitro benzene ring substituents is 1. The lowest BCUT2D eigenvalue weighted by atomic mass is 9.96. The Labute approximate surface area is 221 Å². The summed E-state index contributed by atoms with van der Waals surface area (Å²) in [6.45, 7) is 5.15. The Morgan fingerprint density at radius 2 is 1.95 bits per heavy atom. The molecule has 1 unspecified atom stereocenters. The Kier molecular flexibility index (Phi) is 6.94. The van der Waals surface area contributed by atoms with Crippen LogP contribution < -0.4 is 19.8 Å². The van der Waals surface area contributed by atoms with Crippen LogP contribution in [0.15, 0.2) is 63.5 Å². The van der Waals surface area contributed by atoms with E-state index in [-0.39, 0.29) is 17.9 Å². The lowest BCUT2D eigenvalue weighted by Gasteiger charge is -2.24. The molecule has 3 heterocycles. The van der Waals surface area contributed by atoms with Gasteiger partial charge >= 0.3 is 5.97 Å². The molecule has 3 aromatic rings. The van der Waals surface area contributed by atoms with Crippen LogP contribution in [0.2, 0.25) is 0 Å². The number of carbonyl (C=O) groups excluding carboxylic acids is 1. The van der Waals surface area contributed by atoms with Crippen LogP contribution in [0.25, 0.3) is 6.08 Å². The van der Waals surface area contributed by atoms with Crippen molar-refractivity contribution in [2.24, 2.45) is 4.99 Å². The minimum absolute atomic E-state index is 0.0726. The summed E-state index contributed by atoms with van der Waals surface area (Å²) in [4.78, 5) is 44.9. The molecule has 11 heteroatoms. The molecule has 38 heavy (non-hydrogen) atoms. The average molecular weight is 537 g/mol. The Morgan fingerprint density at radius 1 is 1.24 bits per heavy atom. The van der Waals surface area contributed by atoms with E-state index in [4.69, 9.17) is 4.74 Å². The first kappa shape index (κ1) is 25.5. The number of hydrogen-bond acceptors (Lipinski definition) is 8. The number of ether oxygens (including phenoxy) is 1. The summed E-state index contributed by atoms with van der Waals surface area (Å²) in [6.07, 6.45) is 3.69. The van der Waals surface area contributed by atoms with Gasteiger partial charge < -0.3 is 9.64 Å². The van der Waals surface area contributed by atoms with E-state index in [1.165, 1.54) is 41.0 Å². The molecule has 0 aliphatic carbocycles. The van der Waals surface area contributed by atoms with Gasteiger partial charge in [0, 0.05) is 36.5 Å². The number of anilines is 1.